The summed E-state index contributed by atoms with van der Waals surface area (Å²) in [5, 5.41) is 0.433. The number of carbonyl (C=O) groups excluding carboxylic acids is 1. The minimum Gasteiger partial charge on any atom is -0.466 e. The molecule has 1 amide bonds. The molecule has 0 bridgehead atoms. The number of hydrogen-bond acceptors (Lipinski definition) is 3. The third-order valence-corrected chi connectivity index (χ3v) is 2.34. The fourth-order valence-corrected chi connectivity index (χ4v) is 1.49. The van der Waals surface area contributed by atoms with E-state index < -0.39 is 5.91 Å². The number of benzene rings is 1. The van der Waals surface area contributed by atoms with Gasteiger partial charge in [0.25, 0.3) is 0 Å². The first-order valence-corrected chi connectivity index (χ1v) is 5.24. The summed E-state index contributed by atoms with van der Waals surface area (Å²) in [6, 6.07) is 3.17. The zero-order chi connectivity index (χ0) is 12.1. The van der Waals surface area contributed by atoms with Crippen molar-refractivity contribution in [3.8, 4) is 5.75 Å². The van der Waals surface area contributed by atoms with E-state index in [1.54, 1.807) is 13.0 Å². The van der Waals surface area contributed by atoms with Crippen LogP contribution < -0.4 is 10.5 Å². The van der Waals surface area contributed by atoms with Crippen LogP contribution in [0.2, 0.25) is 5.02 Å². The van der Waals surface area contributed by atoms with Gasteiger partial charge in [-0.3, -0.25) is 4.79 Å². The van der Waals surface area contributed by atoms with Gasteiger partial charge in [-0.2, -0.15) is 0 Å². The molecule has 0 spiro atoms. The highest BCUT2D eigenvalue weighted by Crippen LogP contribution is 2.28. The van der Waals surface area contributed by atoms with E-state index in [1.165, 1.54) is 6.07 Å². The average molecular weight is 244 g/mol. The van der Waals surface area contributed by atoms with E-state index in [2.05, 4.69) is 0 Å². The van der Waals surface area contributed by atoms with Crippen molar-refractivity contribution in [2.75, 3.05) is 13.4 Å². The molecule has 1 aromatic carbocycles. The molecule has 2 N–H and O–H groups in total. The molecule has 0 radical (unpaired) electrons. The van der Waals surface area contributed by atoms with Crippen molar-refractivity contribution in [2.24, 2.45) is 5.73 Å². The lowest BCUT2D eigenvalue weighted by atomic mass is 10.1. The number of nitrogens with two attached hydrogens (primary N) is 1. The van der Waals surface area contributed by atoms with Crippen LogP contribution in [0, 0.1) is 6.92 Å². The first kappa shape index (κ1) is 12.8. The molecule has 5 heteroatoms. The van der Waals surface area contributed by atoms with Crippen LogP contribution in [0.3, 0.4) is 0 Å². The third-order valence-electron chi connectivity index (χ3n) is 2.05. The Kier molecular flexibility index (Phi) is 4.58. The van der Waals surface area contributed by atoms with Gasteiger partial charge in [0.15, 0.2) is 6.79 Å². The molecule has 0 aliphatic rings. The second kappa shape index (κ2) is 5.72. The van der Waals surface area contributed by atoms with Crippen LogP contribution in [-0.4, -0.2) is 19.3 Å². The predicted molar refractivity (Wildman–Crippen MR) is 61.8 cm³/mol. The van der Waals surface area contributed by atoms with Crippen LogP contribution in [0.5, 0.6) is 5.75 Å². The van der Waals surface area contributed by atoms with Gasteiger partial charge in [-0.1, -0.05) is 11.6 Å². The van der Waals surface area contributed by atoms with Crippen molar-refractivity contribution < 1.29 is 14.3 Å². The molecule has 0 aliphatic carbocycles. The average Bonchev–Trinajstić information content (AvgIpc) is 2.21. The van der Waals surface area contributed by atoms with Gasteiger partial charge in [0, 0.05) is 12.2 Å². The summed E-state index contributed by atoms with van der Waals surface area (Å²) in [5.41, 5.74) is 6.34. The van der Waals surface area contributed by atoms with Gasteiger partial charge < -0.3 is 15.2 Å². The molecule has 0 aromatic heterocycles. The lowest BCUT2D eigenvalue weighted by Crippen LogP contribution is -2.13. The standard InChI is InChI=1S/C11H14ClNO3/c1-3-15-6-16-10-5-8(11(13)14)7(2)4-9(10)12/h4-5H,3,6H2,1-2H3,(H2,13,14). The summed E-state index contributed by atoms with van der Waals surface area (Å²) in [7, 11) is 0. The largest absolute Gasteiger partial charge is 0.466 e. The van der Waals surface area contributed by atoms with Gasteiger partial charge in [0.05, 0.1) is 5.02 Å². The number of rotatable bonds is 5. The molecule has 0 saturated heterocycles. The maximum Gasteiger partial charge on any atom is 0.249 e. The molecule has 88 valence electrons. The van der Waals surface area contributed by atoms with Crippen LogP contribution in [0.25, 0.3) is 0 Å². The van der Waals surface area contributed by atoms with Crippen molar-refractivity contribution in [1.82, 2.24) is 0 Å². The van der Waals surface area contributed by atoms with Crippen molar-refractivity contribution in [3.63, 3.8) is 0 Å². The van der Waals surface area contributed by atoms with Gasteiger partial charge in [-0.15, -0.1) is 0 Å². The molecule has 1 rings (SSSR count). The molecule has 0 atom stereocenters. The third kappa shape index (κ3) is 3.12. The Hall–Kier alpha value is -1.26. The first-order valence-electron chi connectivity index (χ1n) is 4.86. The lowest BCUT2D eigenvalue weighted by molar-refractivity contribution is 0.0224. The molecular formula is C11H14ClNO3. The molecular weight excluding hydrogens is 230 g/mol. The maximum atomic E-state index is 11.1. The van der Waals surface area contributed by atoms with Crippen molar-refractivity contribution in [1.29, 1.82) is 0 Å². The topological polar surface area (TPSA) is 61.6 Å². The first-order chi connectivity index (χ1) is 7.56. The van der Waals surface area contributed by atoms with E-state index in [0.29, 0.717) is 22.9 Å². The van der Waals surface area contributed by atoms with Crippen LogP contribution in [0.4, 0.5) is 0 Å². The Morgan fingerprint density at radius 2 is 2.19 bits per heavy atom. The highest BCUT2D eigenvalue weighted by atomic mass is 35.5. The lowest BCUT2D eigenvalue weighted by Gasteiger charge is -2.10. The maximum absolute atomic E-state index is 11.1. The highest BCUT2D eigenvalue weighted by molar-refractivity contribution is 6.32. The summed E-state index contributed by atoms with van der Waals surface area (Å²) >= 11 is 5.95. The monoisotopic (exact) mass is 243 g/mol. The Bertz CT molecular complexity index is 393. The van der Waals surface area contributed by atoms with Gasteiger partial charge in [-0.25, -0.2) is 0 Å². The van der Waals surface area contributed by atoms with Crippen LogP contribution in [-0.2, 0) is 4.74 Å². The minimum absolute atomic E-state index is 0.0947. The normalized spacial score (nSPS) is 10.2. The number of carbonyl (C=O) groups is 1. The Morgan fingerprint density at radius 1 is 1.50 bits per heavy atom. The Balaban J connectivity index is 2.91. The van der Waals surface area contributed by atoms with Crippen molar-refractivity contribution in [2.45, 2.75) is 13.8 Å². The summed E-state index contributed by atoms with van der Waals surface area (Å²) in [4.78, 5) is 11.1. The minimum atomic E-state index is -0.504. The van der Waals surface area contributed by atoms with E-state index in [4.69, 9.17) is 26.8 Å². The summed E-state index contributed by atoms with van der Waals surface area (Å²) in [6.45, 7) is 4.26. The highest BCUT2D eigenvalue weighted by Gasteiger charge is 2.10. The number of halogens is 1. The van der Waals surface area contributed by atoms with E-state index in [-0.39, 0.29) is 6.79 Å². The van der Waals surface area contributed by atoms with Gasteiger partial charge in [0.1, 0.15) is 5.75 Å². The SMILES string of the molecule is CCOCOc1cc(C(N)=O)c(C)cc1Cl. The zero-order valence-electron chi connectivity index (χ0n) is 9.25. The molecule has 4 nitrogen and oxygen atoms in total. The number of amides is 1. The molecule has 0 unspecified atom stereocenters. The summed E-state index contributed by atoms with van der Waals surface area (Å²) in [5.74, 6) is -0.107. The second-order valence-corrected chi connectivity index (χ2v) is 3.62. The van der Waals surface area contributed by atoms with Gasteiger partial charge >= 0.3 is 0 Å². The summed E-state index contributed by atoms with van der Waals surface area (Å²) < 4.78 is 10.3. The summed E-state index contributed by atoms with van der Waals surface area (Å²) in [6.07, 6.45) is 0. The van der Waals surface area contributed by atoms with E-state index >= 15 is 0 Å². The quantitative estimate of drug-likeness (QED) is 0.637. The number of primary amides is 1. The molecule has 0 aliphatic heterocycles. The van der Waals surface area contributed by atoms with E-state index in [0.717, 1.165) is 5.56 Å². The Morgan fingerprint density at radius 3 is 2.75 bits per heavy atom. The fourth-order valence-electron chi connectivity index (χ4n) is 1.22. The number of ether oxygens (including phenoxy) is 2. The second-order valence-electron chi connectivity index (χ2n) is 3.22. The number of hydrogen-bond donors (Lipinski definition) is 1. The molecule has 16 heavy (non-hydrogen) atoms. The fraction of sp³-hybridized carbons (Fsp3) is 0.364. The molecule has 0 saturated carbocycles. The molecule has 0 heterocycles. The molecule has 0 fully saturated rings. The van der Waals surface area contributed by atoms with Crippen LogP contribution in [0.15, 0.2) is 12.1 Å². The van der Waals surface area contributed by atoms with Crippen LogP contribution in [0.1, 0.15) is 22.8 Å². The Labute approximate surface area is 99.3 Å². The van der Waals surface area contributed by atoms with Gasteiger partial charge in [-0.05, 0) is 31.5 Å². The zero-order valence-corrected chi connectivity index (χ0v) is 10.0. The number of aryl methyl sites for hydroxylation is 1. The van der Waals surface area contributed by atoms with Gasteiger partial charge in [0.2, 0.25) is 5.91 Å². The predicted octanol–water partition coefficient (Wildman–Crippen LogP) is 2.12. The van der Waals surface area contributed by atoms with Crippen molar-refractivity contribution >= 4 is 17.5 Å². The van der Waals surface area contributed by atoms with Crippen molar-refractivity contribution in [3.05, 3.63) is 28.3 Å². The van der Waals surface area contributed by atoms with E-state index in [9.17, 15) is 4.79 Å². The molecule has 1 aromatic rings. The van der Waals surface area contributed by atoms with Crippen LogP contribution >= 0.6 is 11.6 Å². The smallest absolute Gasteiger partial charge is 0.249 e. The van der Waals surface area contributed by atoms with E-state index in [1.807, 2.05) is 6.92 Å².